The summed E-state index contributed by atoms with van der Waals surface area (Å²) in [6, 6.07) is 17.1. The van der Waals surface area contributed by atoms with Gasteiger partial charge in [0.25, 0.3) is 0 Å². The molecule has 2 rings (SSSR count). The van der Waals surface area contributed by atoms with E-state index in [1.807, 2.05) is 54.6 Å². The van der Waals surface area contributed by atoms with Gasteiger partial charge < -0.3 is 4.74 Å². The minimum atomic E-state index is 0.687. The maximum Gasteiger partial charge on any atom is 0.127 e. The second kappa shape index (κ2) is 7.55. The maximum atomic E-state index is 6.83. The van der Waals surface area contributed by atoms with Crippen molar-refractivity contribution in [1.29, 1.82) is 5.41 Å². The number of hydrogen-bond acceptors (Lipinski definition) is 3. The van der Waals surface area contributed by atoms with Crippen molar-refractivity contribution in [3.63, 3.8) is 0 Å². The highest BCUT2D eigenvalue weighted by Crippen LogP contribution is 2.23. The number of rotatable bonds is 6. The first kappa shape index (κ1) is 14.4. The molecule has 0 bridgehead atoms. The molecule has 0 aliphatic heterocycles. The molecule has 104 valence electrons. The van der Waals surface area contributed by atoms with Gasteiger partial charge in [0.1, 0.15) is 17.8 Å². The fourth-order valence-corrected chi connectivity index (χ4v) is 1.72. The summed E-state index contributed by atoms with van der Waals surface area (Å²) >= 11 is 0. The lowest BCUT2D eigenvalue weighted by molar-refractivity contribution is 0.482. The average Bonchev–Trinajstić information content (AvgIpc) is 2.54. The number of aliphatic imine (C=N–C) groups is 2. The van der Waals surface area contributed by atoms with Crippen LogP contribution in [-0.4, -0.2) is 19.3 Å². The molecule has 0 amide bonds. The normalized spacial score (nSPS) is 11.3. The molecule has 0 radical (unpaired) electrons. The van der Waals surface area contributed by atoms with Gasteiger partial charge in [0, 0.05) is 11.8 Å². The van der Waals surface area contributed by atoms with E-state index in [0.29, 0.717) is 5.70 Å². The SMILES string of the molecule is C=N/C(=C/C=NC=N)c1ccc(Oc2ccccc2)cc1. The molecule has 0 saturated heterocycles. The van der Waals surface area contributed by atoms with Crippen LogP contribution < -0.4 is 4.74 Å². The summed E-state index contributed by atoms with van der Waals surface area (Å²) < 4.78 is 5.72. The highest BCUT2D eigenvalue weighted by molar-refractivity contribution is 5.88. The molecule has 4 heteroatoms. The van der Waals surface area contributed by atoms with Crippen molar-refractivity contribution in [2.75, 3.05) is 0 Å². The Labute approximate surface area is 123 Å². The number of hydrogen-bond donors (Lipinski definition) is 1. The zero-order chi connectivity index (χ0) is 14.9. The second-order valence-corrected chi connectivity index (χ2v) is 4.08. The Kier molecular flexibility index (Phi) is 5.18. The zero-order valence-electron chi connectivity index (χ0n) is 11.4. The van der Waals surface area contributed by atoms with E-state index < -0.39 is 0 Å². The van der Waals surface area contributed by atoms with Crippen molar-refractivity contribution in [3.05, 3.63) is 66.2 Å². The van der Waals surface area contributed by atoms with Gasteiger partial charge in [-0.15, -0.1) is 0 Å². The molecule has 0 aromatic heterocycles. The van der Waals surface area contributed by atoms with Crippen LogP contribution in [0.4, 0.5) is 0 Å². The zero-order valence-corrected chi connectivity index (χ0v) is 11.4. The van der Waals surface area contributed by atoms with E-state index in [1.54, 1.807) is 6.08 Å². The summed E-state index contributed by atoms with van der Waals surface area (Å²) in [6.07, 6.45) is 4.17. The summed E-state index contributed by atoms with van der Waals surface area (Å²) in [5, 5.41) is 6.83. The van der Waals surface area contributed by atoms with Crippen LogP contribution in [0, 0.1) is 5.41 Å². The average molecular weight is 277 g/mol. The lowest BCUT2D eigenvalue weighted by Crippen LogP contribution is -1.86. The van der Waals surface area contributed by atoms with Gasteiger partial charge in [0.05, 0.1) is 5.70 Å². The van der Waals surface area contributed by atoms with Gasteiger partial charge in [-0.2, -0.15) is 0 Å². The lowest BCUT2D eigenvalue weighted by Gasteiger charge is -2.06. The lowest BCUT2D eigenvalue weighted by atomic mass is 10.1. The summed E-state index contributed by atoms with van der Waals surface area (Å²) in [5.41, 5.74) is 1.59. The molecule has 4 nitrogen and oxygen atoms in total. The fourth-order valence-electron chi connectivity index (χ4n) is 1.72. The fraction of sp³-hybridized carbons (Fsp3) is 0. The van der Waals surface area contributed by atoms with Gasteiger partial charge in [-0.3, -0.25) is 10.4 Å². The first-order valence-electron chi connectivity index (χ1n) is 6.36. The van der Waals surface area contributed by atoms with Gasteiger partial charge in [-0.05, 0) is 49.2 Å². The summed E-state index contributed by atoms with van der Waals surface area (Å²) in [5.74, 6) is 1.54. The molecule has 1 N–H and O–H groups in total. The van der Waals surface area contributed by atoms with Gasteiger partial charge in [0.2, 0.25) is 0 Å². The largest absolute Gasteiger partial charge is 0.457 e. The Bertz CT molecular complexity index is 658. The second-order valence-electron chi connectivity index (χ2n) is 4.08. The van der Waals surface area contributed by atoms with E-state index in [-0.39, 0.29) is 0 Å². The Morgan fingerprint density at radius 1 is 1.00 bits per heavy atom. The molecular weight excluding hydrogens is 262 g/mol. The van der Waals surface area contributed by atoms with Gasteiger partial charge in [-0.1, -0.05) is 18.2 Å². The molecule has 0 aliphatic carbocycles. The van der Waals surface area contributed by atoms with Gasteiger partial charge in [0.15, 0.2) is 0 Å². The van der Waals surface area contributed by atoms with Crippen LogP contribution in [0.1, 0.15) is 5.56 Å². The number of ether oxygens (including phenoxy) is 1. The Hall–Kier alpha value is -3.01. The van der Waals surface area contributed by atoms with Gasteiger partial charge >= 0.3 is 0 Å². The first-order chi connectivity index (χ1) is 10.3. The standard InChI is InChI=1S/C17H15N3O/c1-19-17(11-12-20-13-18)14-7-9-16(10-8-14)21-15-5-3-2-4-6-15/h2-13,18H,1H2/b17-11+,18-13?,20-12?. The van der Waals surface area contributed by atoms with Crippen molar-refractivity contribution in [2.45, 2.75) is 0 Å². The van der Waals surface area contributed by atoms with Crippen molar-refractivity contribution < 1.29 is 4.74 Å². The van der Waals surface area contributed by atoms with E-state index >= 15 is 0 Å². The van der Waals surface area contributed by atoms with E-state index in [9.17, 15) is 0 Å². The van der Waals surface area contributed by atoms with E-state index in [2.05, 4.69) is 16.7 Å². The van der Waals surface area contributed by atoms with Crippen molar-refractivity contribution >= 4 is 25.0 Å². The number of nitrogens with one attached hydrogen (secondary N) is 1. The molecule has 0 unspecified atom stereocenters. The third-order valence-corrected chi connectivity index (χ3v) is 2.69. The third-order valence-electron chi connectivity index (χ3n) is 2.69. The highest BCUT2D eigenvalue weighted by atomic mass is 16.5. The smallest absolute Gasteiger partial charge is 0.127 e. The minimum Gasteiger partial charge on any atom is -0.457 e. The molecule has 21 heavy (non-hydrogen) atoms. The highest BCUT2D eigenvalue weighted by Gasteiger charge is 2.00. The van der Waals surface area contributed by atoms with Crippen LogP contribution >= 0.6 is 0 Å². The van der Waals surface area contributed by atoms with Crippen molar-refractivity contribution in [1.82, 2.24) is 0 Å². The van der Waals surface area contributed by atoms with Crippen LogP contribution in [0.5, 0.6) is 11.5 Å². The quantitative estimate of drug-likeness (QED) is 0.624. The molecule has 0 spiro atoms. The number of para-hydroxylation sites is 1. The Morgan fingerprint density at radius 3 is 2.29 bits per heavy atom. The Morgan fingerprint density at radius 2 is 1.67 bits per heavy atom. The molecule has 0 atom stereocenters. The van der Waals surface area contributed by atoms with Crippen LogP contribution in [0.15, 0.2) is 70.7 Å². The molecule has 0 heterocycles. The Balaban J connectivity index is 2.14. The first-order valence-corrected chi connectivity index (χ1v) is 6.36. The topological polar surface area (TPSA) is 57.8 Å². The van der Waals surface area contributed by atoms with E-state index in [1.165, 1.54) is 6.21 Å². The van der Waals surface area contributed by atoms with Crippen LogP contribution in [-0.2, 0) is 0 Å². The summed E-state index contributed by atoms with van der Waals surface area (Å²) in [7, 11) is 0. The predicted molar refractivity (Wildman–Crippen MR) is 87.8 cm³/mol. The van der Waals surface area contributed by atoms with Crippen LogP contribution in [0.2, 0.25) is 0 Å². The summed E-state index contributed by atoms with van der Waals surface area (Å²) in [6.45, 7) is 3.54. The third kappa shape index (κ3) is 4.24. The number of benzene rings is 2. The monoisotopic (exact) mass is 277 g/mol. The number of allylic oxidation sites excluding steroid dienone is 1. The minimum absolute atomic E-state index is 0.687. The molecular formula is C17H15N3O. The van der Waals surface area contributed by atoms with Crippen molar-refractivity contribution in [3.8, 4) is 11.5 Å². The van der Waals surface area contributed by atoms with Gasteiger partial charge in [-0.25, -0.2) is 4.99 Å². The van der Waals surface area contributed by atoms with E-state index in [0.717, 1.165) is 23.4 Å². The van der Waals surface area contributed by atoms with Crippen LogP contribution in [0.25, 0.3) is 5.70 Å². The molecule has 2 aromatic rings. The summed E-state index contributed by atoms with van der Waals surface area (Å²) in [4.78, 5) is 7.63. The predicted octanol–water partition coefficient (Wildman–Crippen LogP) is 4.20. The molecule has 2 aromatic carbocycles. The molecule has 0 fully saturated rings. The number of nitrogens with zero attached hydrogens (tertiary/aromatic N) is 2. The molecule has 0 saturated carbocycles. The molecule has 0 aliphatic rings. The maximum absolute atomic E-state index is 6.83. The van der Waals surface area contributed by atoms with Crippen LogP contribution in [0.3, 0.4) is 0 Å². The van der Waals surface area contributed by atoms with Crippen molar-refractivity contribution in [2.24, 2.45) is 9.98 Å². The van der Waals surface area contributed by atoms with E-state index in [4.69, 9.17) is 10.1 Å².